The van der Waals surface area contributed by atoms with Gasteiger partial charge in [-0.1, -0.05) is 25.1 Å². The summed E-state index contributed by atoms with van der Waals surface area (Å²) in [7, 11) is -2.83. The molecule has 2 aromatic rings. The summed E-state index contributed by atoms with van der Waals surface area (Å²) < 4.78 is 18.8. The summed E-state index contributed by atoms with van der Waals surface area (Å²) in [4.78, 5) is 3.13. The minimum atomic E-state index is -2.83. The molecule has 1 unspecified atom stereocenters. The number of nitrogens with one attached hydrogen (secondary N) is 1. The molecule has 1 aromatic heterocycles. The highest BCUT2D eigenvalue weighted by Crippen LogP contribution is 2.27. The van der Waals surface area contributed by atoms with Gasteiger partial charge in [0.1, 0.15) is 5.69 Å². The lowest BCUT2D eigenvalue weighted by molar-refractivity contribution is 0.297. The van der Waals surface area contributed by atoms with Crippen LogP contribution in [0.2, 0.25) is 0 Å². The van der Waals surface area contributed by atoms with Crippen molar-refractivity contribution in [2.24, 2.45) is 15.4 Å². The van der Waals surface area contributed by atoms with Gasteiger partial charge in [-0.15, -0.1) is 0 Å². The lowest BCUT2D eigenvalue weighted by Crippen LogP contribution is -2.41. The van der Waals surface area contributed by atoms with Gasteiger partial charge in [0.15, 0.2) is 10.1 Å². The molecule has 1 fully saturated rings. The smallest absolute Gasteiger partial charge is 0.177 e. The van der Waals surface area contributed by atoms with E-state index in [4.69, 9.17) is 5.14 Å². The van der Waals surface area contributed by atoms with Crippen LogP contribution in [-0.2, 0) is 10.1 Å². The maximum absolute atomic E-state index is 12.7. The van der Waals surface area contributed by atoms with Crippen molar-refractivity contribution in [2.45, 2.75) is 19.8 Å². The van der Waals surface area contributed by atoms with Crippen molar-refractivity contribution in [2.75, 3.05) is 13.1 Å². The third-order valence-corrected chi connectivity index (χ3v) is 5.47. The van der Waals surface area contributed by atoms with Crippen LogP contribution in [0, 0.1) is 5.92 Å². The summed E-state index contributed by atoms with van der Waals surface area (Å²) >= 11 is 0. The van der Waals surface area contributed by atoms with Crippen LogP contribution >= 0.6 is 0 Å². The molecule has 0 radical (unpaired) electrons. The first-order valence-corrected chi connectivity index (χ1v) is 8.46. The first-order chi connectivity index (χ1) is 9.56. The molecular formula is C14H20N4OS. The van der Waals surface area contributed by atoms with E-state index in [0.717, 1.165) is 36.8 Å². The van der Waals surface area contributed by atoms with E-state index >= 15 is 0 Å². The molecule has 0 aliphatic carbocycles. The van der Waals surface area contributed by atoms with Crippen LogP contribution in [-0.4, -0.2) is 26.6 Å². The normalized spacial score (nSPS) is 20.9. The highest BCUT2D eigenvalue weighted by molar-refractivity contribution is 7.89. The number of nitrogens with two attached hydrogens (primary N) is 1. The standard InChI is InChI=1S/C14H20N4OS/c1-11-6-8-18(9-7-11)20(15,19)17-14-10-16-13-5-3-2-4-12(13)14/h2-5,10-11,16H,6-9H2,1H3,(H2,15,17,19). The monoisotopic (exact) mass is 292 g/mol. The van der Waals surface area contributed by atoms with Crippen LogP contribution in [0.25, 0.3) is 10.9 Å². The van der Waals surface area contributed by atoms with Crippen LogP contribution in [0.3, 0.4) is 0 Å². The Morgan fingerprint density at radius 1 is 1.35 bits per heavy atom. The predicted octanol–water partition coefficient (Wildman–Crippen LogP) is 2.79. The third kappa shape index (κ3) is 2.59. The fourth-order valence-corrected chi connectivity index (χ4v) is 3.86. The van der Waals surface area contributed by atoms with Crippen LogP contribution in [0.5, 0.6) is 0 Å². The maximum Gasteiger partial charge on any atom is 0.177 e. The molecular weight excluding hydrogens is 272 g/mol. The first kappa shape index (κ1) is 13.6. The van der Waals surface area contributed by atoms with Gasteiger partial charge in [-0.25, -0.2) is 13.7 Å². The molecule has 1 aromatic carbocycles. The molecule has 0 saturated carbocycles. The Balaban J connectivity index is 1.96. The molecule has 0 spiro atoms. The summed E-state index contributed by atoms with van der Waals surface area (Å²) in [6, 6.07) is 7.82. The van der Waals surface area contributed by atoms with E-state index in [1.54, 1.807) is 6.20 Å². The van der Waals surface area contributed by atoms with Crippen molar-refractivity contribution in [1.29, 1.82) is 0 Å². The van der Waals surface area contributed by atoms with E-state index in [-0.39, 0.29) is 0 Å². The molecule has 0 bridgehead atoms. The maximum atomic E-state index is 12.7. The fourth-order valence-electron chi connectivity index (χ4n) is 2.58. The van der Waals surface area contributed by atoms with E-state index < -0.39 is 10.1 Å². The van der Waals surface area contributed by atoms with Crippen molar-refractivity contribution in [3.05, 3.63) is 30.5 Å². The van der Waals surface area contributed by atoms with Gasteiger partial charge >= 0.3 is 0 Å². The van der Waals surface area contributed by atoms with Gasteiger partial charge in [0.25, 0.3) is 0 Å². The van der Waals surface area contributed by atoms with E-state index in [1.807, 2.05) is 28.6 Å². The molecule has 5 nitrogen and oxygen atoms in total. The Kier molecular flexibility index (Phi) is 3.54. The lowest BCUT2D eigenvalue weighted by Gasteiger charge is -2.29. The van der Waals surface area contributed by atoms with Crippen LogP contribution in [0.4, 0.5) is 5.69 Å². The summed E-state index contributed by atoms with van der Waals surface area (Å²) in [5.41, 5.74) is 1.65. The molecule has 3 N–H and O–H groups in total. The Hall–Kier alpha value is -1.37. The first-order valence-electron chi connectivity index (χ1n) is 6.92. The van der Waals surface area contributed by atoms with Gasteiger partial charge < -0.3 is 4.98 Å². The third-order valence-electron chi connectivity index (χ3n) is 3.91. The van der Waals surface area contributed by atoms with Gasteiger partial charge in [0, 0.05) is 30.2 Å². The summed E-state index contributed by atoms with van der Waals surface area (Å²) in [5, 5.41) is 6.95. The molecule has 3 rings (SSSR count). The number of para-hydroxylation sites is 1. The predicted molar refractivity (Wildman–Crippen MR) is 82.7 cm³/mol. The van der Waals surface area contributed by atoms with Gasteiger partial charge in [-0.2, -0.15) is 4.36 Å². The van der Waals surface area contributed by atoms with Crippen LogP contribution in [0.15, 0.2) is 34.8 Å². The van der Waals surface area contributed by atoms with Crippen LogP contribution < -0.4 is 5.14 Å². The van der Waals surface area contributed by atoms with Gasteiger partial charge in [0.05, 0.1) is 0 Å². The van der Waals surface area contributed by atoms with E-state index in [9.17, 15) is 4.21 Å². The Labute approximate surface area is 119 Å². The number of rotatable bonds is 2. The zero-order chi connectivity index (χ0) is 14.2. The Morgan fingerprint density at radius 2 is 2.05 bits per heavy atom. The summed E-state index contributed by atoms with van der Waals surface area (Å²) in [6.45, 7) is 3.72. The molecule has 1 aliphatic rings. The van der Waals surface area contributed by atoms with Crippen molar-refractivity contribution in [1.82, 2.24) is 9.29 Å². The number of aromatic nitrogens is 1. The number of fused-ring (bicyclic) bond motifs is 1. The zero-order valence-electron chi connectivity index (χ0n) is 11.6. The average molecular weight is 292 g/mol. The number of benzene rings is 1. The summed E-state index contributed by atoms with van der Waals surface area (Å²) in [6.07, 6.45) is 3.82. The molecule has 6 heteroatoms. The number of hydrogen-bond donors (Lipinski definition) is 2. The summed E-state index contributed by atoms with van der Waals surface area (Å²) in [5.74, 6) is 0.675. The second kappa shape index (κ2) is 5.20. The molecule has 1 saturated heterocycles. The second-order valence-corrected chi connectivity index (χ2v) is 7.23. The van der Waals surface area contributed by atoms with Crippen molar-refractivity contribution in [3.8, 4) is 0 Å². The van der Waals surface area contributed by atoms with Gasteiger partial charge in [-0.05, 0) is 24.8 Å². The van der Waals surface area contributed by atoms with Crippen molar-refractivity contribution >= 4 is 26.7 Å². The minimum absolute atomic E-state index is 0.673. The highest BCUT2D eigenvalue weighted by Gasteiger charge is 2.22. The second-order valence-electron chi connectivity index (χ2n) is 5.46. The van der Waals surface area contributed by atoms with Crippen molar-refractivity contribution in [3.63, 3.8) is 0 Å². The van der Waals surface area contributed by atoms with E-state index in [0.29, 0.717) is 11.6 Å². The quantitative estimate of drug-likeness (QED) is 0.877. The number of nitrogens with zero attached hydrogens (tertiary/aromatic N) is 2. The fraction of sp³-hybridized carbons (Fsp3) is 0.429. The molecule has 20 heavy (non-hydrogen) atoms. The zero-order valence-corrected chi connectivity index (χ0v) is 12.4. The van der Waals surface area contributed by atoms with Gasteiger partial charge in [0.2, 0.25) is 0 Å². The van der Waals surface area contributed by atoms with Gasteiger partial charge in [-0.3, -0.25) is 0 Å². The highest BCUT2D eigenvalue weighted by atomic mass is 32.2. The number of piperidine rings is 1. The Morgan fingerprint density at radius 3 is 2.80 bits per heavy atom. The molecule has 108 valence electrons. The number of aromatic amines is 1. The molecule has 1 atom stereocenters. The number of hydrogen-bond acceptors (Lipinski definition) is 2. The largest absolute Gasteiger partial charge is 0.359 e. The average Bonchev–Trinajstić information content (AvgIpc) is 2.82. The Bertz CT molecular complexity index is 722. The van der Waals surface area contributed by atoms with Crippen molar-refractivity contribution < 1.29 is 4.21 Å². The SMILES string of the molecule is CC1CCN(S(N)(=O)=Nc2c[nH]c3ccccc23)CC1. The lowest BCUT2D eigenvalue weighted by atomic mass is 10.0. The topological polar surface area (TPSA) is 74.5 Å². The minimum Gasteiger partial charge on any atom is -0.359 e. The molecule has 0 amide bonds. The van der Waals surface area contributed by atoms with Crippen LogP contribution in [0.1, 0.15) is 19.8 Å². The molecule has 1 aliphatic heterocycles. The number of H-pyrrole nitrogens is 1. The molecule has 2 heterocycles. The van der Waals surface area contributed by atoms with E-state index in [1.165, 1.54) is 0 Å². The van der Waals surface area contributed by atoms with E-state index in [2.05, 4.69) is 16.3 Å².